The van der Waals surface area contributed by atoms with Crippen LogP contribution >= 0.6 is 0 Å². The minimum atomic E-state index is -0.545. The molecular weight excluding hydrogens is 361 g/mol. The van der Waals surface area contributed by atoms with Crippen LogP contribution in [0.2, 0.25) is 0 Å². The fourth-order valence-corrected chi connectivity index (χ4v) is 3.20. The van der Waals surface area contributed by atoms with Gasteiger partial charge in [-0.05, 0) is 38.8 Å². The third-order valence-electron chi connectivity index (χ3n) is 4.49. The van der Waals surface area contributed by atoms with E-state index in [0.29, 0.717) is 26.4 Å². The Morgan fingerprint density at radius 3 is 2.89 bits per heavy atom. The van der Waals surface area contributed by atoms with Gasteiger partial charge in [0.05, 0.1) is 12.7 Å². The molecule has 0 saturated heterocycles. The maximum absolute atomic E-state index is 12.0. The molecule has 2 heterocycles. The van der Waals surface area contributed by atoms with E-state index >= 15 is 0 Å². The lowest BCUT2D eigenvalue weighted by Crippen LogP contribution is -2.38. The lowest BCUT2D eigenvalue weighted by molar-refractivity contribution is 0.0115. The van der Waals surface area contributed by atoms with Gasteiger partial charge in [0, 0.05) is 18.6 Å². The summed E-state index contributed by atoms with van der Waals surface area (Å²) in [6.07, 6.45) is 1.12. The summed E-state index contributed by atoms with van der Waals surface area (Å²) in [6, 6.07) is 5.83. The van der Waals surface area contributed by atoms with Crippen molar-refractivity contribution in [3.05, 3.63) is 23.8 Å². The summed E-state index contributed by atoms with van der Waals surface area (Å²) in [7, 11) is -0.529. The van der Waals surface area contributed by atoms with Gasteiger partial charge < -0.3 is 28.8 Å². The Hall–Kier alpha value is -1.77. The summed E-state index contributed by atoms with van der Waals surface area (Å²) in [5.74, 6) is 0.762. The van der Waals surface area contributed by atoms with Crippen LogP contribution in [-0.2, 0) is 18.8 Å². The Kier molecular flexibility index (Phi) is 6.85. The molecule has 1 N–H and O–H groups in total. The second-order valence-corrected chi connectivity index (χ2v) is 8.10. The van der Waals surface area contributed by atoms with Gasteiger partial charge in [-0.15, -0.1) is 0 Å². The van der Waals surface area contributed by atoms with Gasteiger partial charge in [0.1, 0.15) is 24.1 Å². The van der Waals surface area contributed by atoms with Gasteiger partial charge in [0.2, 0.25) is 0 Å². The van der Waals surface area contributed by atoms with E-state index in [-0.39, 0.29) is 12.2 Å². The number of hydrogen-bond acceptors (Lipinski definition) is 6. The molecule has 0 bridgehead atoms. The zero-order valence-electron chi connectivity index (χ0n) is 17.2. The summed E-state index contributed by atoms with van der Waals surface area (Å²) >= 11 is 0. The lowest BCUT2D eigenvalue weighted by atomic mass is 9.77. The van der Waals surface area contributed by atoms with E-state index in [0.717, 1.165) is 29.6 Å². The number of rotatable bonds is 7. The Bertz CT molecular complexity index is 677. The van der Waals surface area contributed by atoms with E-state index in [1.807, 2.05) is 39.0 Å². The monoisotopic (exact) mass is 391 g/mol. The molecule has 3 rings (SSSR count). The number of carbonyl (C=O) groups excluding carboxylic acids is 1. The molecule has 0 radical (unpaired) electrons. The van der Waals surface area contributed by atoms with Gasteiger partial charge >= 0.3 is 13.2 Å². The smallest absolute Gasteiger partial charge is 0.491 e. The second-order valence-electron chi connectivity index (χ2n) is 8.10. The Balaban J connectivity index is 1.62. The van der Waals surface area contributed by atoms with E-state index in [1.54, 1.807) is 0 Å². The Morgan fingerprint density at radius 1 is 1.32 bits per heavy atom. The molecule has 28 heavy (non-hydrogen) atoms. The molecule has 2 aliphatic heterocycles. The van der Waals surface area contributed by atoms with Gasteiger partial charge in [-0.25, -0.2) is 4.79 Å². The minimum Gasteiger partial charge on any atom is -0.491 e. The highest BCUT2D eigenvalue weighted by molar-refractivity contribution is 6.64. The summed E-state index contributed by atoms with van der Waals surface area (Å²) in [4.78, 5) is 12.0. The number of amides is 1. The number of alkyl carbamates (subject to hydrolysis) is 1. The molecule has 0 aliphatic carbocycles. The van der Waals surface area contributed by atoms with Crippen LogP contribution in [0, 0.1) is 0 Å². The zero-order valence-corrected chi connectivity index (χ0v) is 17.2. The van der Waals surface area contributed by atoms with Gasteiger partial charge in [0.15, 0.2) is 0 Å². The summed E-state index contributed by atoms with van der Waals surface area (Å²) in [6.45, 7) is 9.51. The number of benzene rings is 1. The first-order valence-corrected chi connectivity index (χ1v) is 9.98. The van der Waals surface area contributed by atoms with Crippen molar-refractivity contribution in [3.63, 3.8) is 0 Å². The molecule has 2 atom stereocenters. The van der Waals surface area contributed by atoms with Gasteiger partial charge in [-0.1, -0.05) is 25.5 Å². The molecule has 0 saturated carbocycles. The third kappa shape index (κ3) is 5.40. The normalized spacial score (nSPS) is 20.9. The fourth-order valence-electron chi connectivity index (χ4n) is 3.20. The van der Waals surface area contributed by atoms with Crippen LogP contribution in [0.1, 0.15) is 52.2 Å². The molecule has 1 unspecified atom stereocenters. The first-order valence-electron chi connectivity index (χ1n) is 9.98. The number of nitrogens with one attached hydrogen (secondary N) is 1. The van der Waals surface area contributed by atoms with Crippen LogP contribution in [0.4, 0.5) is 4.79 Å². The van der Waals surface area contributed by atoms with Crippen molar-refractivity contribution in [1.82, 2.24) is 5.32 Å². The zero-order chi connectivity index (χ0) is 20.1. The number of unbranched alkanes of at least 4 members (excludes halogenated alkanes) is 1. The van der Waals surface area contributed by atoms with Crippen molar-refractivity contribution in [3.8, 4) is 5.75 Å². The average Bonchev–Trinajstić information content (AvgIpc) is 2.87. The molecule has 2 aliphatic rings. The van der Waals surface area contributed by atoms with Crippen LogP contribution in [0.15, 0.2) is 18.2 Å². The SMILES string of the molecule is CCCCOC[C@@H]1COc2cccc3c2B(OC3CNC(=O)OC(C)(C)C)O1. The molecule has 8 heteroatoms. The average molecular weight is 391 g/mol. The number of ether oxygens (including phenoxy) is 3. The maximum Gasteiger partial charge on any atom is 0.499 e. The molecule has 7 nitrogen and oxygen atoms in total. The fraction of sp³-hybridized carbons (Fsp3) is 0.650. The molecule has 154 valence electrons. The van der Waals surface area contributed by atoms with Gasteiger partial charge in [-0.2, -0.15) is 0 Å². The number of carbonyl (C=O) groups is 1. The first-order chi connectivity index (χ1) is 13.4. The van der Waals surface area contributed by atoms with Crippen LogP contribution in [0.5, 0.6) is 5.75 Å². The maximum atomic E-state index is 12.0. The largest absolute Gasteiger partial charge is 0.499 e. The summed E-state index contributed by atoms with van der Waals surface area (Å²) in [5.41, 5.74) is 1.32. The molecule has 0 aromatic heterocycles. The van der Waals surface area contributed by atoms with Crippen LogP contribution in [0.25, 0.3) is 0 Å². The van der Waals surface area contributed by atoms with Crippen molar-refractivity contribution in [2.24, 2.45) is 0 Å². The van der Waals surface area contributed by atoms with Crippen molar-refractivity contribution in [2.45, 2.75) is 58.3 Å². The van der Waals surface area contributed by atoms with Crippen LogP contribution in [-0.4, -0.2) is 51.3 Å². The third-order valence-corrected chi connectivity index (χ3v) is 4.49. The highest BCUT2D eigenvalue weighted by atomic mass is 16.6. The van der Waals surface area contributed by atoms with E-state index < -0.39 is 18.8 Å². The van der Waals surface area contributed by atoms with E-state index in [9.17, 15) is 4.79 Å². The molecule has 0 spiro atoms. The molecule has 1 aromatic carbocycles. The Labute approximate surface area is 167 Å². The molecule has 1 amide bonds. The lowest BCUT2D eigenvalue weighted by Gasteiger charge is -2.22. The van der Waals surface area contributed by atoms with Crippen molar-refractivity contribution < 1.29 is 28.3 Å². The predicted octanol–water partition coefficient (Wildman–Crippen LogP) is 2.57. The van der Waals surface area contributed by atoms with E-state index in [4.69, 9.17) is 23.5 Å². The highest BCUT2D eigenvalue weighted by Gasteiger charge is 2.43. The molecule has 0 fully saturated rings. The second kappa shape index (κ2) is 9.16. The number of hydrogen-bond donors (Lipinski definition) is 1. The topological polar surface area (TPSA) is 75.2 Å². The van der Waals surface area contributed by atoms with Crippen LogP contribution < -0.4 is 15.5 Å². The van der Waals surface area contributed by atoms with Crippen molar-refractivity contribution >= 4 is 18.7 Å². The summed E-state index contributed by atoms with van der Waals surface area (Å²) < 4.78 is 29.2. The van der Waals surface area contributed by atoms with E-state index in [2.05, 4.69) is 12.2 Å². The van der Waals surface area contributed by atoms with Gasteiger partial charge in [-0.3, -0.25) is 0 Å². The molecule has 1 aromatic rings. The van der Waals surface area contributed by atoms with Gasteiger partial charge in [0.25, 0.3) is 0 Å². The van der Waals surface area contributed by atoms with Crippen molar-refractivity contribution in [2.75, 3.05) is 26.4 Å². The first kappa shape index (κ1) is 21.0. The summed E-state index contributed by atoms with van der Waals surface area (Å²) in [5, 5.41) is 2.77. The van der Waals surface area contributed by atoms with E-state index in [1.165, 1.54) is 0 Å². The predicted molar refractivity (Wildman–Crippen MR) is 106 cm³/mol. The highest BCUT2D eigenvalue weighted by Crippen LogP contribution is 2.30. The quantitative estimate of drug-likeness (QED) is 0.569. The molecular formula is C20H30BNO6. The minimum absolute atomic E-state index is 0.209. The standard InChI is InChI=1S/C20H30BNO6/c1-5-6-10-24-12-14-13-25-16-9-7-8-15-17(28-21(27-14)18(15)16)11-22-19(23)26-20(2,3)4/h7-9,14,17H,5-6,10-13H2,1-4H3,(H,22,23)/t14-,17?/m1/s1. The Morgan fingerprint density at radius 2 is 2.14 bits per heavy atom. The van der Waals surface area contributed by atoms with Crippen molar-refractivity contribution in [1.29, 1.82) is 0 Å². The van der Waals surface area contributed by atoms with Crippen LogP contribution in [0.3, 0.4) is 0 Å².